The first kappa shape index (κ1) is 37.4. The molecule has 0 fully saturated rings. The summed E-state index contributed by atoms with van der Waals surface area (Å²) in [4.78, 5) is 13.4. The van der Waals surface area contributed by atoms with Gasteiger partial charge in [-0.3, -0.25) is 0 Å². The molecule has 0 saturated carbocycles. The standard InChI is InChI=1S/C25H31O4Si.3C4H9.Sn/c1-6-25(26)29-23(18-28-17-21-12-14-22(27-3)15-13-21)16-20(2)19-30(4,5)24-10-8-7-9-11-24;3*1-3-4-2;/h1,6-15,19,23H,16-18H2,2-5H3;3*1,3-4H2,2H3;/b6-1?,20-19-;;;;/t23-;;;;/m0..../s1. The van der Waals surface area contributed by atoms with Gasteiger partial charge in [0, 0.05) is 0 Å². The van der Waals surface area contributed by atoms with E-state index >= 15 is 0 Å². The van der Waals surface area contributed by atoms with Gasteiger partial charge in [-0.2, -0.15) is 0 Å². The van der Waals surface area contributed by atoms with Crippen molar-refractivity contribution in [1.82, 2.24) is 0 Å². The van der Waals surface area contributed by atoms with Gasteiger partial charge in [0.25, 0.3) is 0 Å². The molecule has 0 aliphatic rings. The van der Waals surface area contributed by atoms with E-state index < -0.39 is 26.5 Å². The molecule has 2 aromatic rings. The minimum atomic E-state index is -2.58. The molecule has 0 bridgehead atoms. The van der Waals surface area contributed by atoms with Crippen molar-refractivity contribution in [3.05, 3.63) is 81.6 Å². The van der Waals surface area contributed by atoms with E-state index in [-0.39, 0.29) is 12.1 Å². The van der Waals surface area contributed by atoms with Crippen LogP contribution >= 0.6 is 0 Å². The van der Waals surface area contributed by atoms with E-state index in [9.17, 15) is 4.79 Å². The van der Waals surface area contributed by atoms with E-state index in [1.165, 1.54) is 62.6 Å². The fourth-order valence-corrected chi connectivity index (χ4v) is 22.4. The van der Waals surface area contributed by atoms with Crippen molar-refractivity contribution in [2.24, 2.45) is 0 Å². The third kappa shape index (κ3) is 14.2. The van der Waals surface area contributed by atoms with Gasteiger partial charge in [-0.15, -0.1) is 0 Å². The van der Waals surface area contributed by atoms with Crippen LogP contribution in [-0.4, -0.2) is 52.2 Å². The number of carbonyl (C=O) groups is 1. The summed E-state index contributed by atoms with van der Waals surface area (Å²) < 4.78 is 24.0. The van der Waals surface area contributed by atoms with Crippen LogP contribution in [0.5, 0.6) is 5.75 Å². The number of ether oxygens (including phenoxy) is 3. The van der Waals surface area contributed by atoms with E-state index in [0.717, 1.165) is 11.3 Å². The second kappa shape index (κ2) is 20.2. The first-order valence-corrected chi connectivity index (χ1v) is 27.3. The van der Waals surface area contributed by atoms with Crippen molar-refractivity contribution in [3.63, 3.8) is 0 Å². The summed E-state index contributed by atoms with van der Waals surface area (Å²) in [5.41, 5.74) is 4.75. The zero-order valence-electron chi connectivity index (χ0n) is 28.1. The maximum atomic E-state index is 13.4. The second-order valence-electron chi connectivity index (χ2n) is 12.7. The third-order valence-corrected chi connectivity index (χ3v) is 25.4. The Morgan fingerprint density at radius 2 is 1.47 bits per heavy atom. The van der Waals surface area contributed by atoms with Crippen LogP contribution in [0.15, 0.2) is 76.0 Å². The number of carbonyl (C=O) groups excluding carboxylic acids is 1. The minimum absolute atomic E-state index is 0.212. The van der Waals surface area contributed by atoms with Crippen LogP contribution in [0, 0.1) is 0 Å². The molecule has 0 heterocycles. The summed E-state index contributed by atoms with van der Waals surface area (Å²) >= 11 is -2.58. The number of hydrogen-bond acceptors (Lipinski definition) is 4. The first-order valence-electron chi connectivity index (χ1n) is 16.5. The van der Waals surface area contributed by atoms with Crippen LogP contribution in [0.2, 0.25) is 26.4 Å². The predicted octanol–water partition coefficient (Wildman–Crippen LogP) is 9.56. The predicted molar refractivity (Wildman–Crippen MR) is 189 cm³/mol. The molecule has 6 heteroatoms. The molecule has 1 atom stereocenters. The SMILES string of the molecule is CCC[CH2][Sn](/[CH]=C/C(=O)O[C@H](COCc1ccc(OC)cc1)C/C(C)=C\[Si](C)(C)c1ccccc1)([CH2]CCC)[CH2]CCC. The molecule has 2 rings (SSSR count). The number of hydrogen-bond donors (Lipinski definition) is 0. The van der Waals surface area contributed by atoms with E-state index in [1.54, 1.807) is 7.11 Å². The van der Waals surface area contributed by atoms with Crippen LogP contribution in [0.1, 0.15) is 78.2 Å². The summed E-state index contributed by atoms with van der Waals surface area (Å²) in [5, 5.41) is 1.40. The van der Waals surface area contributed by atoms with Gasteiger partial charge in [-0.05, 0) is 0 Å². The molecule has 0 aliphatic heterocycles. The van der Waals surface area contributed by atoms with E-state index in [1.807, 2.05) is 30.3 Å². The van der Waals surface area contributed by atoms with Crippen molar-refractivity contribution in [2.75, 3.05) is 13.7 Å². The summed E-state index contributed by atoms with van der Waals surface area (Å²) in [6.45, 7) is 14.6. The van der Waals surface area contributed by atoms with Crippen LogP contribution < -0.4 is 9.92 Å². The average molecular weight is 714 g/mol. The topological polar surface area (TPSA) is 44.8 Å². The first-order chi connectivity index (χ1) is 20.7. The van der Waals surface area contributed by atoms with Crippen molar-refractivity contribution in [3.8, 4) is 5.75 Å². The Balaban J connectivity index is 2.20. The van der Waals surface area contributed by atoms with Crippen molar-refractivity contribution >= 4 is 37.6 Å². The maximum absolute atomic E-state index is 13.4. The molecule has 238 valence electrons. The van der Waals surface area contributed by atoms with Crippen molar-refractivity contribution in [1.29, 1.82) is 0 Å². The molecule has 0 aromatic heterocycles. The Morgan fingerprint density at radius 1 is 0.884 bits per heavy atom. The molecule has 0 aliphatic carbocycles. The number of methoxy groups -OCH3 is 1. The normalized spacial score (nSPS) is 13.3. The third-order valence-electron chi connectivity index (χ3n) is 8.35. The fourth-order valence-electron chi connectivity index (χ4n) is 5.81. The van der Waals surface area contributed by atoms with Gasteiger partial charge in [-0.25, -0.2) is 0 Å². The van der Waals surface area contributed by atoms with Gasteiger partial charge in [0.05, 0.1) is 7.11 Å². The van der Waals surface area contributed by atoms with E-state index in [2.05, 4.69) is 80.9 Å². The van der Waals surface area contributed by atoms with E-state index in [0.29, 0.717) is 19.6 Å². The number of rotatable bonds is 21. The number of benzene rings is 2. The fraction of sp³-hybridized carbons (Fsp3) is 0.541. The monoisotopic (exact) mass is 714 g/mol. The Bertz CT molecular complexity index is 1090. The van der Waals surface area contributed by atoms with Crippen LogP contribution in [-0.2, 0) is 20.9 Å². The zero-order chi connectivity index (χ0) is 31.6. The van der Waals surface area contributed by atoms with Gasteiger partial charge in [0.15, 0.2) is 0 Å². The molecule has 43 heavy (non-hydrogen) atoms. The Labute approximate surface area is 268 Å². The average Bonchev–Trinajstić information content (AvgIpc) is 3.00. The van der Waals surface area contributed by atoms with Crippen molar-refractivity contribution < 1.29 is 19.0 Å². The number of esters is 1. The quantitative estimate of drug-likeness (QED) is 0.0735. The van der Waals surface area contributed by atoms with Gasteiger partial charge in [0.2, 0.25) is 0 Å². The molecule has 0 saturated heterocycles. The molecule has 0 spiro atoms. The Kier molecular flexibility index (Phi) is 17.6. The zero-order valence-corrected chi connectivity index (χ0v) is 32.0. The molecule has 0 amide bonds. The summed E-state index contributed by atoms with van der Waals surface area (Å²) in [6, 6.07) is 18.7. The molecular formula is C37H58O4SiSn. The van der Waals surface area contributed by atoms with Gasteiger partial charge in [0.1, 0.15) is 0 Å². The summed E-state index contributed by atoms with van der Waals surface area (Å²) in [6.07, 6.45) is 9.63. The molecule has 0 unspecified atom stereocenters. The molecule has 4 nitrogen and oxygen atoms in total. The number of unbranched alkanes of at least 4 members (excludes halogenated alkanes) is 3. The van der Waals surface area contributed by atoms with Gasteiger partial charge < -0.3 is 4.74 Å². The molecule has 0 radical (unpaired) electrons. The Hall–Kier alpha value is -1.83. The Morgan fingerprint density at radius 3 is 2.00 bits per heavy atom. The van der Waals surface area contributed by atoms with Gasteiger partial charge in [-0.1, -0.05) is 6.07 Å². The molecular weight excluding hydrogens is 655 g/mol. The molecule has 2 aromatic carbocycles. The summed E-state index contributed by atoms with van der Waals surface area (Å²) in [5.74, 6) is 0.613. The van der Waals surface area contributed by atoms with Crippen LogP contribution in [0.3, 0.4) is 0 Å². The van der Waals surface area contributed by atoms with Gasteiger partial charge >= 0.3 is 252 Å². The molecule has 0 N–H and O–H groups in total. The van der Waals surface area contributed by atoms with Crippen molar-refractivity contribution in [2.45, 2.75) is 112 Å². The summed E-state index contributed by atoms with van der Waals surface area (Å²) in [7, 11) is -0.113. The van der Waals surface area contributed by atoms with E-state index in [4.69, 9.17) is 14.2 Å². The van der Waals surface area contributed by atoms with Crippen LogP contribution in [0.4, 0.5) is 0 Å². The second-order valence-corrected chi connectivity index (χ2v) is 30.0. The van der Waals surface area contributed by atoms with Crippen LogP contribution in [0.25, 0.3) is 0 Å².